The van der Waals surface area contributed by atoms with Gasteiger partial charge in [0, 0.05) is 24.7 Å². The van der Waals surface area contributed by atoms with Crippen LogP contribution in [0.15, 0.2) is 36.5 Å². The van der Waals surface area contributed by atoms with Crippen LogP contribution in [0, 0.1) is 0 Å². The molecule has 21 heavy (non-hydrogen) atoms. The summed E-state index contributed by atoms with van der Waals surface area (Å²) in [5.41, 5.74) is 2.27. The van der Waals surface area contributed by atoms with E-state index in [1.165, 1.54) is 5.56 Å². The van der Waals surface area contributed by atoms with Gasteiger partial charge in [-0.3, -0.25) is 9.78 Å². The Bertz CT molecular complexity index is 588. The number of carbonyl (C=O) groups excluding carboxylic acids is 1. The molecule has 2 rings (SSSR count). The summed E-state index contributed by atoms with van der Waals surface area (Å²) in [6.07, 6.45) is 2.70. The highest BCUT2D eigenvalue weighted by atomic mass is 16.2. The highest BCUT2D eigenvalue weighted by Crippen LogP contribution is 2.15. The molecule has 1 N–H and O–H groups in total. The van der Waals surface area contributed by atoms with Gasteiger partial charge < -0.3 is 10.2 Å². The lowest BCUT2D eigenvalue weighted by atomic mass is 10.1. The summed E-state index contributed by atoms with van der Waals surface area (Å²) < 4.78 is 0. The smallest absolute Gasteiger partial charge is 0.236 e. The van der Waals surface area contributed by atoms with Crippen LogP contribution in [0.3, 0.4) is 0 Å². The zero-order valence-corrected chi connectivity index (χ0v) is 12.8. The van der Waals surface area contributed by atoms with E-state index in [-0.39, 0.29) is 5.91 Å². The van der Waals surface area contributed by atoms with Crippen molar-refractivity contribution in [3.8, 4) is 0 Å². The Kier molecular flexibility index (Phi) is 5.69. The number of carbonyl (C=O) groups is 1. The highest BCUT2D eigenvalue weighted by Gasteiger charge is 2.08. The fourth-order valence-corrected chi connectivity index (χ4v) is 2.48. The van der Waals surface area contributed by atoms with Crippen LogP contribution >= 0.6 is 0 Å². The SMILES string of the molecule is CCN(CC)C(=O)CNCCc1cccc2cccnc12. The largest absolute Gasteiger partial charge is 0.342 e. The van der Waals surface area contributed by atoms with Crippen LogP contribution in [0.2, 0.25) is 0 Å². The van der Waals surface area contributed by atoms with Crippen molar-refractivity contribution in [2.45, 2.75) is 20.3 Å². The Labute approximate surface area is 126 Å². The van der Waals surface area contributed by atoms with Gasteiger partial charge >= 0.3 is 0 Å². The molecule has 112 valence electrons. The lowest BCUT2D eigenvalue weighted by Crippen LogP contribution is -2.38. The first kappa shape index (κ1) is 15.4. The van der Waals surface area contributed by atoms with Crippen LogP contribution in [0.5, 0.6) is 0 Å². The number of nitrogens with zero attached hydrogens (tertiary/aromatic N) is 2. The quantitative estimate of drug-likeness (QED) is 0.794. The Hall–Kier alpha value is -1.94. The molecule has 0 radical (unpaired) electrons. The maximum Gasteiger partial charge on any atom is 0.236 e. The number of aromatic nitrogens is 1. The summed E-state index contributed by atoms with van der Waals surface area (Å²) in [5.74, 6) is 0.163. The van der Waals surface area contributed by atoms with E-state index in [2.05, 4.69) is 34.6 Å². The third kappa shape index (κ3) is 4.02. The number of hydrogen-bond donors (Lipinski definition) is 1. The number of pyridine rings is 1. The van der Waals surface area contributed by atoms with E-state index in [0.29, 0.717) is 6.54 Å². The van der Waals surface area contributed by atoms with Gasteiger partial charge in [-0.15, -0.1) is 0 Å². The molecule has 1 aromatic carbocycles. The molecule has 0 aliphatic heterocycles. The van der Waals surface area contributed by atoms with E-state index in [1.807, 2.05) is 31.0 Å². The molecule has 1 amide bonds. The Morgan fingerprint density at radius 3 is 2.71 bits per heavy atom. The third-order valence-electron chi connectivity index (χ3n) is 3.68. The monoisotopic (exact) mass is 285 g/mol. The fourth-order valence-electron chi connectivity index (χ4n) is 2.48. The molecule has 1 heterocycles. The zero-order chi connectivity index (χ0) is 15.1. The number of amides is 1. The average Bonchev–Trinajstić information content (AvgIpc) is 2.53. The number of benzene rings is 1. The maximum absolute atomic E-state index is 11.9. The molecule has 0 aliphatic carbocycles. The summed E-state index contributed by atoms with van der Waals surface area (Å²) >= 11 is 0. The summed E-state index contributed by atoms with van der Waals surface area (Å²) in [6, 6.07) is 10.3. The maximum atomic E-state index is 11.9. The highest BCUT2D eigenvalue weighted by molar-refractivity contribution is 5.81. The summed E-state index contributed by atoms with van der Waals surface area (Å²) in [7, 11) is 0. The van der Waals surface area contributed by atoms with Gasteiger partial charge in [0.1, 0.15) is 0 Å². The van der Waals surface area contributed by atoms with Gasteiger partial charge in [0.05, 0.1) is 12.1 Å². The molecule has 0 atom stereocenters. The predicted octanol–water partition coefficient (Wildman–Crippen LogP) is 2.24. The second kappa shape index (κ2) is 7.74. The van der Waals surface area contributed by atoms with Crippen molar-refractivity contribution in [3.05, 3.63) is 42.1 Å². The van der Waals surface area contributed by atoms with Crippen molar-refractivity contribution in [3.63, 3.8) is 0 Å². The Morgan fingerprint density at radius 1 is 1.19 bits per heavy atom. The molecular formula is C17H23N3O. The fraction of sp³-hybridized carbons (Fsp3) is 0.412. The normalized spacial score (nSPS) is 10.8. The van der Waals surface area contributed by atoms with Crippen molar-refractivity contribution >= 4 is 16.8 Å². The van der Waals surface area contributed by atoms with Gasteiger partial charge in [-0.2, -0.15) is 0 Å². The summed E-state index contributed by atoms with van der Waals surface area (Å²) in [5, 5.41) is 4.39. The van der Waals surface area contributed by atoms with Crippen LogP contribution in [0.4, 0.5) is 0 Å². The van der Waals surface area contributed by atoms with Crippen molar-refractivity contribution in [1.82, 2.24) is 15.2 Å². The first-order valence-electron chi connectivity index (χ1n) is 7.57. The van der Waals surface area contributed by atoms with E-state index in [9.17, 15) is 4.79 Å². The molecular weight excluding hydrogens is 262 g/mol. The zero-order valence-electron chi connectivity index (χ0n) is 12.8. The van der Waals surface area contributed by atoms with Crippen LogP contribution in [-0.4, -0.2) is 42.0 Å². The molecule has 0 saturated heterocycles. The molecule has 0 aliphatic rings. The van der Waals surface area contributed by atoms with Crippen LogP contribution in [-0.2, 0) is 11.2 Å². The molecule has 1 aromatic heterocycles. The van der Waals surface area contributed by atoms with Crippen molar-refractivity contribution < 1.29 is 4.79 Å². The Morgan fingerprint density at radius 2 is 1.95 bits per heavy atom. The molecule has 4 heteroatoms. The number of rotatable bonds is 7. The number of para-hydroxylation sites is 1. The number of hydrogen-bond acceptors (Lipinski definition) is 3. The average molecular weight is 285 g/mol. The van der Waals surface area contributed by atoms with Gasteiger partial charge in [0.2, 0.25) is 5.91 Å². The van der Waals surface area contributed by atoms with E-state index >= 15 is 0 Å². The van der Waals surface area contributed by atoms with Gasteiger partial charge in [-0.25, -0.2) is 0 Å². The molecule has 0 spiro atoms. The molecule has 0 bridgehead atoms. The first-order valence-corrected chi connectivity index (χ1v) is 7.57. The van der Waals surface area contributed by atoms with Crippen LogP contribution < -0.4 is 5.32 Å². The van der Waals surface area contributed by atoms with Gasteiger partial charge in [0.15, 0.2) is 0 Å². The van der Waals surface area contributed by atoms with Gasteiger partial charge in [-0.05, 0) is 38.4 Å². The van der Waals surface area contributed by atoms with Gasteiger partial charge in [0.25, 0.3) is 0 Å². The first-order chi connectivity index (χ1) is 10.3. The lowest BCUT2D eigenvalue weighted by molar-refractivity contribution is -0.129. The van der Waals surface area contributed by atoms with E-state index < -0.39 is 0 Å². The second-order valence-electron chi connectivity index (χ2n) is 4.99. The number of likely N-dealkylation sites (N-methyl/N-ethyl adjacent to an activating group) is 1. The molecule has 4 nitrogen and oxygen atoms in total. The molecule has 0 unspecified atom stereocenters. The van der Waals surface area contributed by atoms with Crippen molar-refractivity contribution in [2.24, 2.45) is 0 Å². The number of nitrogens with one attached hydrogen (secondary N) is 1. The number of fused-ring (bicyclic) bond motifs is 1. The third-order valence-corrected chi connectivity index (χ3v) is 3.68. The minimum absolute atomic E-state index is 0.163. The second-order valence-corrected chi connectivity index (χ2v) is 4.99. The van der Waals surface area contributed by atoms with E-state index in [1.54, 1.807) is 0 Å². The van der Waals surface area contributed by atoms with Gasteiger partial charge in [-0.1, -0.05) is 24.3 Å². The molecule has 2 aromatic rings. The van der Waals surface area contributed by atoms with Crippen LogP contribution in [0.1, 0.15) is 19.4 Å². The van der Waals surface area contributed by atoms with Crippen LogP contribution in [0.25, 0.3) is 10.9 Å². The summed E-state index contributed by atoms with van der Waals surface area (Å²) in [4.78, 5) is 18.2. The molecule has 0 fully saturated rings. The van der Waals surface area contributed by atoms with Crippen molar-refractivity contribution in [1.29, 1.82) is 0 Å². The minimum Gasteiger partial charge on any atom is -0.342 e. The minimum atomic E-state index is 0.163. The van der Waals surface area contributed by atoms with E-state index in [4.69, 9.17) is 0 Å². The van der Waals surface area contributed by atoms with E-state index in [0.717, 1.165) is 37.0 Å². The van der Waals surface area contributed by atoms with Crippen molar-refractivity contribution in [2.75, 3.05) is 26.2 Å². The lowest BCUT2D eigenvalue weighted by Gasteiger charge is -2.18. The molecule has 0 saturated carbocycles. The predicted molar refractivity (Wildman–Crippen MR) is 86.2 cm³/mol. The summed E-state index contributed by atoms with van der Waals surface area (Å²) in [6.45, 7) is 6.73. The Balaban J connectivity index is 1.87. The topological polar surface area (TPSA) is 45.2 Å². The standard InChI is InChI=1S/C17H23N3O/c1-3-20(4-2)16(21)13-18-12-10-15-8-5-7-14-9-6-11-19-17(14)15/h5-9,11,18H,3-4,10,12-13H2,1-2H3.